The maximum Gasteiger partial charge on any atom is 0.244 e. The summed E-state index contributed by atoms with van der Waals surface area (Å²) in [7, 11) is 0. The van der Waals surface area contributed by atoms with Crippen molar-refractivity contribution in [2.45, 2.75) is 12.5 Å². The summed E-state index contributed by atoms with van der Waals surface area (Å²) < 4.78 is 0. The molecule has 2 amide bonds. The molecule has 3 rings (SSSR count). The summed E-state index contributed by atoms with van der Waals surface area (Å²) in [6, 6.07) is 18.2. The van der Waals surface area contributed by atoms with E-state index < -0.39 is 11.9 Å². The standard InChI is InChI=1S/C21H19N3O2/c22-21(26)19(14-15-6-2-1-3-7-15)24-20(25)11-10-16-12-13-23-18-9-5-4-8-17(16)18/h1-13,19H,14H2,(H2,22,26)(H,24,25)/b11-10-/t19-/m1/s1. The third kappa shape index (κ3) is 4.33. The van der Waals surface area contributed by atoms with Crippen LogP contribution in [0.4, 0.5) is 0 Å². The summed E-state index contributed by atoms with van der Waals surface area (Å²) in [6.07, 6.45) is 5.16. The minimum Gasteiger partial charge on any atom is -0.368 e. The molecule has 26 heavy (non-hydrogen) atoms. The average molecular weight is 345 g/mol. The Morgan fingerprint density at radius 3 is 2.54 bits per heavy atom. The van der Waals surface area contributed by atoms with Gasteiger partial charge in [0.05, 0.1) is 5.52 Å². The van der Waals surface area contributed by atoms with Crippen LogP contribution in [0.1, 0.15) is 11.1 Å². The van der Waals surface area contributed by atoms with Gasteiger partial charge in [-0.15, -0.1) is 0 Å². The highest BCUT2D eigenvalue weighted by Crippen LogP contribution is 2.17. The van der Waals surface area contributed by atoms with Crippen molar-refractivity contribution in [2.75, 3.05) is 0 Å². The molecule has 1 atom stereocenters. The third-order valence-electron chi connectivity index (χ3n) is 4.04. The van der Waals surface area contributed by atoms with E-state index in [0.717, 1.165) is 22.0 Å². The molecule has 130 valence electrons. The van der Waals surface area contributed by atoms with Gasteiger partial charge in [-0.25, -0.2) is 0 Å². The highest BCUT2D eigenvalue weighted by atomic mass is 16.2. The molecule has 3 aromatic rings. The normalized spacial score (nSPS) is 12.2. The lowest BCUT2D eigenvalue weighted by Gasteiger charge is -2.14. The molecule has 0 spiro atoms. The van der Waals surface area contributed by atoms with Gasteiger partial charge in [-0.1, -0.05) is 48.5 Å². The topological polar surface area (TPSA) is 85.1 Å². The Balaban J connectivity index is 1.72. The van der Waals surface area contributed by atoms with E-state index in [9.17, 15) is 9.59 Å². The molecule has 0 bridgehead atoms. The van der Waals surface area contributed by atoms with Gasteiger partial charge in [0.15, 0.2) is 0 Å². The zero-order chi connectivity index (χ0) is 18.4. The van der Waals surface area contributed by atoms with Crippen LogP contribution in [-0.4, -0.2) is 22.8 Å². The predicted molar refractivity (Wildman–Crippen MR) is 102 cm³/mol. The number of para-hydroxylation sites is 1. The maximum absolute atomic E-state index is 12.2. The molecule has 5 heteroatoms. The van der Waals surface area contributed by atoms with Gasteiger partial charge in [-0.3, -0.25) is 14.6 Å². The zero-order valence-corrected chi connectivity index (χ0v) is 14.1. The number of carbonyl (C=O) groups excluding carboxylic acids is 2. The lowest BCUT2D eigenvalue weighted by Crippen LogP contribution is -2.45. The van der Waals surface area contributed by atoms with Crippen molar-refractivity contribution in [3.8, 4) is 0 Å². The molecule has 1 aromatic heterocycles. The van der Waals surface area contributed by atoms with Crippen molar-refractivity contribution in [2.24, 2.45) is 5.73 Å². The lowest BCUT2D eigenvalue weighted by atomic mass is 10.1. The summed E-state index contributed by atoms with van der Waals surface area (Å²) >= 11 is 0. The van der Waals surface area contributed by atoms with Crippen LogP contribution in [0.3, 0.4) is 0 Å². The van der Waals surface area contributed by atoms with Crippen molar-refractivity contribution in [3.05, 3.63) is 84.1 Å². The minimum atomic E-state index is -0.760. The Bertz CT molecular complexity index is 946. The van der Waals surface area contributed by atoms with E-state index in [-0.39, 0.29) is 5.91 Å². The lowest BCUT2D eigenvalue weighted by molar-refractivity contribution is -0.124. The van der Waals surface area contributed by atoms with Crippen LogP contribution in [0.5, 0.6) is 0 Å². The van der Waals surface area contributed by atoms with E-state index >= 15 is 0 Å². The number of amides is 2. The van der Waals surface area contributed by atoms with Crippen LogP contribution in [0.2, 0.25) is 0 Å². The SMILES string of the molecule is NC(=O)[C@@H](Cc1ccccc1)NC(=O)/C=C\c1ccnc2ccccc12. The molecule has 0 saturated carbocycles. The minimum absolute atomic E-state index is 0.355. The molecule has 5 nitrogen and oxygen atoms in total. The number of hydrogen-bond acceptors (Lipinski definition) is 3. The first-order valence-corrected chi connectivity index (χ1v) is 8.29. The number of carbonyl (C=O) groups is 2. The number of fused-ring (bicyclic) bond motifs is 1. The van der Waals surface area contributed by atoms with Gasteiger partial charge in [-0.05, 0) is 29.3 Å². The third-order valence-corrected chi connectivity index (χ3v) is 4.04. The van der Waals surface area contributed by atoms with Gasteiger partial charge >= 0.3 is 0 Å². The smallest absolute Gasteiger partial charge is 0.244 e. The van der Waals surface area contributed by atoms with Crippen LogP contribution in [-0.2, 0) is 16.0 Å². The van der Waals surface area contributed by atoms with E-state index in [0.29, 0.717) is 6.42 Å². The monoisotopic (exact) mass is 345 g/mol. The maximum atomic E-state index is 12.2. The van der Waals surface area contributed by atoms with E-state index in [2.05, 4.69) is 10.3 Å². The summed E-state index contributed by atoms with van der Waals surface area (Å²) in [4.78, 5) is 28.2. The van der Waals surface area contributed by atoms with Crippen LogP contribution in [0.15, 0.2) is 72.9 Å². The fourth-order valence-corrected chi connectivity index (χ4v) is 2.72. The first-order chi connectivity index (χ1) is 12.6. The van der Waals surface area contributed by atoms with Gasteiger partial charge in [0.2, 0.25) is 11.8 Å². The number of nitrogens with zero attached hydrogens (tertiary/aromatic N) is 1. The average Bonchev–Trinajstić information content (AvgIpc) is 2.66. The van der Waals surface area contributed by atoms with Crippen LogP contribution >= 0.6 is 0 Å². The highest BCUT2D eigenvalue weighted by molar-refractivity contribution is 5.97. The van der Waals surface area contributed by atoms with Crippen LogP contribution < -0.4 is 11.1 Å². The Hall–Kier alpha value is -3.47. The quantitative estimate of drug-likeness (QED) is 0.673. The number of primary amides is 1. The van der Waals surface area contributed by atoms with E-state index in [1.54, 1.807) is 12.3 Å². The van der Waals surface area contributed by atoms with Crippen molar-refractivity contribution >= 4 is 28.8 Å². The summed E-state index contributed by atoms with van der Waals surface area (Å²) in [5.74, 6) is -0.935. The number of hydrogen-bond donors (Lipinski definition) is 2. The first kappa shape index (κ1) is 17.4. The number of pyridine rings is 1. The number of benzene rings is 2. The molecule has 0 aliphatic rings. The number of rotatable bonds is 6. The molecule has 3 N–H and O–H groups in total. The van der Waals surface area contributed by atoms with Gasteiger partial charge in [0.1, 0.15) is 6.04 Å². The van der Waals surface area contributed by atoms with Gasteiger partial charge in [0, 0.05) is 24.1 Å². The van der Waals surface area contributed by atoms with Crippen molar-refractivity contribution in [1.29, 1.82) is 0 Å². The Kier molecular flexibility index (Phi) is 5.39. The molecule has 0 aliphatic heterocycles. The summed E-state index contributed by atoms with van der Waals surface area (Å²) in [5.41, 5.74) is 8.09. The summed E-state index contributed by atoms with van der Waals surface area (Å²) in [6.45, 7) is 0. The predicted octanol–water partition coefficient (Wildman–Crippen LogP) is 2.46. The Morgan fingerprint density at radius 2 is 1.77 bits per heavy atom. The fraction of sp³-hybridized carbons (Fsp3) is 0.0952. The molecule has 1 heterocycles. The second kappa shape index (κ2) is 8.07. The molecular formula is C21H19N3O2. The van der Waals surface area contributed by atoms with Gasteiger partial charge in [0.25, 0.3) is 0 Å². The molecule has 0 fully saturated rings. The second-order valence-electron chi connectivity index (χ2n) is 5.90. The van der Waals surface area contributed by atoms with E-state index in [4.69, 9.17) is 5.73 Å². The second-order valence-corrected chi connectivity index (χ2v) is 5.90. The molecule has 0 unspecified atom stereocenters. The molecule has 0 radical (unpaired) electrons. The number of nitrogens with two attached hydrogens (primary N) is 1. The van der Waals surface area contributed by atoms with Crippen molar-refractivity contribution in [1.82, 2.24) is 10.3 Å². The number of aromatic nitrogens is 1. The van der Waals surface area contributed by atoms with E-state index in [1.807, 2.05) is 60.7 Å². The molecule has 2 aromatic carbocycles. The van der Waals surface area contributed by atoms with Gasteiger partial charge < -0.3 is 11.1 Å². The van der Waals surface area contributed by atoms with E-state index in [1.165, 1.54) is 6.08 Å². The first-order valence-electron chi connectivity index (χ1n) is 8.29. The summed E-state index contributed by atoms with van der Waals surface area (Å²) in [5, 5.41) is 3.62. The Morgan fingerprint density at radius 1 is 1.04 bits per heavy atom. The van der Waals surface area contributed by atoms with Crippen molar-refractivity contribution in [3.63, 3.8) is 0 Å². The number of nitrogens with one attached hydrogen (secondary N) is 1. The van der Waals surface area contributed by atoms with Crippen LogP contribution in [0, 0.1) is 0 Å². The van der Waals surface area contributed by atoms with Gasteiger partial charge in [-0.2, -0.15) is 0 Å². The highest BCUT2D eigenvalue weighted by Gasteiger charge is 2.17. The Labute approximate surface area is 151 Å². The molecule has 0 aliphatic carbocycles. The largest absolute Gasteiger partial charge is 0.368 e. The molecule has 0 saturated heterocycles. The fourth-order valence-electron chi connectivity index (χ4n) is 2.72. The van der Waals surface area contributed by atoms with Crippen LogP contribution in [0.25, 0.3) is 17.0 Å². The molecular weight excluding hydrogens is 326 g/mol. The van der Waals surface area contributed by atoms with Crippen molar-refractivity contribution < 1.29 is 9.59 Å². The zero-order valence-electron chi connectivity index (χ0n) is 14.1.